The number of rotatable bonds is 6. The summed E-state index contributed by atoms with van der Waals surface area (Å²) in [5.41, 5.74) is 2.71. The molecule has 168 valence electrons. The van der Waals surface area contributed by atoms with E-state index in [9.17, 15) is 14.4 Å². The Morgan fingerprint density at radius 1 is 1.03 bits per heavy atom. The van der Waals surface area contributed by atoms with E-state index in [1.807, 2.05) is 12.1 Å². The maximum absolute atomic E-state index is 12.8. The monoisotopic (exact) mass is 436 g/mol. The second kappa shape index (κ2) is 9.39. The first-order chi connectivity index (χ1) is 15.1. The van der Waals surface area contributed by atoms with Gasteiger partial charge in [0, 0.05) is 23.9 Å². The molecular weight excluding hydrogens is 408 g/mol. The topological polar surface area (TPSA) is 82.8 Å². The summed E-state index contributed by atoms with van der Waals surface area (Å²) < 4.78 is 16.0. The molecule has 0 amide bonds. The lowest BCUT2D eigenvalue weighted by Gasteiger charge is -2.19. The number of fused-ring (bicyclic) bond motifs is 1. The van der Waals surface area contributed by atoms with Gasteiger partial charge in [-0.15, -0.1) is 0 Å². The molecule has 0 fully saturated rings. The third-order valence-corrected chi connectivity index (χ3v) is 5.23. The van der Waals surface area contributed by atoms with Crippen molar-refractivity contribution in [3.8, 4) is 5.75 Å². The van der Waals surface area contributed by atoms with Crippen molar-refractivity contribution in [1.82, 2.24) is 0 Å². The van der Waals surface area contributed by atoms with Gasteiger partial charge in [-0.3, -0.25) is 4.79 Å². The summed E-state index contributed by atoms with van der Waals surface area (Å²) in [6.45, 7) is 10.1. The van der Waals surface area contributed by atoms with Crippen molar-refractivity contribution in [3.05, 3.63) is 75.1 Å². The van der Waals surface area contributed by atoms with Crippen LogP contribution in [0.1, 0.15) is 61.2 Å². The van der Waals surface area contributed by atoms with Gasteiger partial charge in [0.05, 0.1) is 12.2 Å². The highest BCUT2D eigenvalue weighted by Gasteiger charge is 2.18. The molecule has 3 aromatic rings. The van der Waals surface area contributed by atoms with E-state index in [1.54, 1.807) is 32.0 Å². The molecule has 0 aliphatic carbocycles. The van der Waals surface area contributed by atoms with Crippen LogP contribution in [-0.4, -0.2) is 18.5 Å². The first-order valence-electron chi connectivity index (χ1n) is 10.6. The molecule has 0 atom stereocenters. The largest absolute Gasteiger partial charge is 0.466 e. The van der Waals surface area contributed by atoms with Crippen molar-refractivity contribution < 1.29 is 23.5 Å². The Kier molecular flexibility index (Phi) is 6.82. The Bertz CT molecular complexity index is 1200. The van der Waals surface area contributed by atoms with Gasteiger partial charge in [-0.25, -0.2) is 9.59 Å². The number of aryl methyl sites for hydroxylation is 2. The predicted molar refractivity (Wildman–Crippen MR) is 122 cm³/mol. The summed E-state index contributed by atoms with van der Waals surface area (Å²) in [7, 11) is 0. The molecule has 0 saturated heterocycles. The summed E-state index contributed by atoms with van der Waals surface area (Å²) in [4.78, 5) is 36.5. The van der Waals surface area contributed by atoms with Crippen molar-refractivity contribution in [2.45, 2.75) is 52.9 Å². The quantitative estimate of drug-likeness (QED) is 0.303. The van der Waals surface area contributed by atoms with Crippen LogP contribution in [0.15, 0.2) is 51.7 Å². The van der Waals surface area contributed by atoms with Crippen LogP contribution in [0.4, 0.5) is 0 Å². The van der Waals surface area contributed by atoms with Crippen LogP contribution in [0.2, 0.25) is 0 Å². The molecular formula is C26H28O6. The molecule has 1 aromatic heterocycles. The summed E-state index contributed by atoms with van der Waals surface area (Å²) in [5, 5.41) is 0.720. The minimum Gasteiger partial charge on any atom is -0.466 e. The van der Waals surface area contributed by atoms with Gasteiger partial charge in [0.15, 0.2) is 0 Å². The second-order valence-corrected chi connectivity index (χ2v) is 8.73. The fraction of sp³-hybridized carbons (Fsp3) is 0.346. The molecule has 0 bridgehead atoms. The fourth-order valence-corrected chi connectivity index (χ4v) is 3.42. The molecule has 2 aromatic carbocycles. The van der Waals surface area contributed by atoms with Gasteiger partial charge in [0.2, 0.25) is 0 Å². The van der Waals surface area contributed by atoms with Crippen LogP contribution in [0, 0.1) is 6.92 Å². The van der Waals surface area contributed by atoms with E-state index >= 15 is 0 Å². The lowest BCUT2D eigenvalue weighted by Crippen LogP contribution is -2.14. The van der Waals surface area contributed by atoms with Gasteiger partial charge in [-0.1, -0.05) is 32.9 Å². The Morgan fingerprint density at radius 3 is 2.34 bits per heavy atom. The molecule has 0 aliphatic rings. The summed E-state index contributed by atoms with van der Waals surface area (Å²) >= 11 is 0. The van der Waals surface area contributed by atoms with Crippen LogP contribution in [0.3, 0.4) is 0 Å². The Balaban J connectivity index is 1.95. The van der Waals surface area contributed by atoms with Crippen molar-refractivity contribution in [2.75, 3.05) is 6.61 Å². The van der Waals surface area contributed by atoms with Gasteiger partial charge in [0.1, 0.15) is 11.3 Å². The van der Waals surface area contributed by atoms with E-state index in [0.29, 0.717) is 29.7 Å². The lowest BCUT2D eigenvalue weighted by molar-refractivity contribution is -0.143. The van der Waals surface area contributed by atoms with Crippen molar-refractivity contribution in [2.24, 2.45) is 0 Å². The molecule has 0 unspecified atom stereocenters. The average Bonchev–Trinajstić information content (AvgIpc) is 2.72. The minimum atomic E-state index is -0.530. The van der Waals surface area contributed by atoms with Crippen molar-refractivity contribution in [1.29, 1.82) is 0 Å². The van der Waals surface area contributed by atoms with Gasteiger partial charge < -0.3 is 13.9 Å². The molecule has 0 N–H and O–H groups in total. The normalized spacial score (nSPS) is 11.4. The number of ether oxygens (including phenoxy) is 2. The maximum Gasteiger partial charge on any atom is 0.343 e. The number of carbonyl (C=O) groups excluding carboxylic acids is 2. The van der Waals surface area contributed by atoms with Crippen LogP contribution in [-0.2, 0) is 21.4 Å². The zero-order valence-corrected chi connectivity index (χ0v) is 19.1. The zero-order chi connectivity index (χ0) is 23.5. The van der Waals surface area contributed by atoms with E-state index < -0.39 is 11.6 Å². The molecule has 1 heterocycles. The average molecular weight is 437 g/mol. The molecule has 6 heteroatoms. The van der Waals surface area contributed by atoms with Crippen molar-refractivity contribution >= 4 is 22.9 Å². The Labute approximate surface area is 187 Å². The third-order valence-electron chi connectivity index (χ3n) is 5.23. The van der Waals surface area contributed by atoms with E-state index in [0.717, 1.165) is 16.5 Å². The van der Waals surface area contributed by atoms with Crippen LogP contribution in [0.25, 0.3) is 11.0 Å². The number of carbonyl (C=O) groups is 2. The van der Waals surface area contributed by atoms with Gasteiger partial charge >= 0.3 is 17.6 Å². The van der Waals surface area contributed by atoms with E-state index in [1.165, 1.54) is 12.1 Å². The smallest absolute Gasteiger partial charge is 0.343 e. The van der Waals surface area contributed by atoms with Crippen molar-refractivity contribution in [3.63, 3.8) is 0 Å². The second-order valence-electron chi connectivity index (χ2n) is 8.73. The SMILES string of the molecule is CCOC(=O)CCc1cc2c(C)cc(=O)oc2cc1OC(=O)c1ccc(C(C)(C)C)cc1. The molecule has 0 saturated carbocycles. The molecule has 6 nitrogen and oxygen atoms in total. The maximum atomic E-state index is 12.8. The molecule has 0 aliphatic heterocycles. The summed E-state index contributed by atoms with van der Waals surface area (Å²) in [5.74, 6) is -0.614. The van der Waals surface area contributed by atoms with E-state index in [2.05, 4.69) is 20.8 Å². The highest BCUT2D eigenvalue weighted by atomic mass is 16.5. The van der Waals surface area contributed by atoms with Crippen LogP contribution in [0.5, 0.6) is 5.75 Å². The highest BCUT2D eigenvalue weighted by Crippen LogP contribution is 2.29. The summed E-state index contributed by atoms with van der Waals surface area (Å²) in [6, 6.07) is 12.0. The molecule has 3 rings (SSSR count). The van der Waals surface area contributed by atoms with Gasteiger partial charge in [0.25, 0.3) is 0 Å². The third kappa shape index (κ3) is 5.44. The summed E-state index contributed by atoms with van der Waals surface area (Å²) in [6.07, 6.45) is 0.457. The van der Waals surface area contributed by atoms with Gasteiger partial charge in [-0.05, 0) is 60.6 Å². The number of hydrogen-bond acceptors (Lipinski definition) is 6. The predicted octanol–water partition coefficient (Wildman–Crippen LogP) is 5.11. The number of benzene rings is 2. The van der Waals surface area contributed by atoms with Crippen LogP contribution < -0.4 is 10.4 Å². The Morgan fingerprint density at radius 2 is 1.72 bits per heavy atom. The van der Waals surface area contributed by atoms with Gasteiger partial charge in [-0.2, -0.15) is 0 Å². The Hall–Kier alpha value is -3.41. The minimum absolute atomic E-state index is 0.0313. The fourth-order valence-electron chi connectivity index (χ4n) is 3.42. The number of hydrogen-bond donors (Lipinski definition) is 0. The van der Waals surface area contributed by atoms with Crippen LogP contribution >= 0.6 is 0 Å². The first-order valence-corrected chi connectivity index (χ1v) is 10.6. The molecule has 0 spiro atoms. The molecule has 32 heavy (non-hydrogen) atoms. The number of esters is 2. The molecule has 0 radical (unpaired) electrons. The standard InChI is InChI=1S/C26H28O6/c1-6-30-23(27)12-9-18-14-20-16(2)13-24(28)31-22(20)15-21(18)32-25(29)17-7-10-19(11-8-17)26(3,4)5/h7-8,10-11,13-15H,6,9,12H2,1-5H3. The zero-order valence-electron chi connectivity index (χ0n) is 19.1. The van der Waals surface area contributed by atoms with E-state index in [4.69, 9.17) is 13.9 Å². The highest BCUT2D eigenvalue weighted by molar-refractivity contribution is 5.92. The lowest BCUT2D eigenvalue weighted by atomic mass is 9.87. The van der Waals surface area contributed by atoms with E-state index in [-0.39, 0.29) is 23.6 Å². The first kappa shape index (κ1) is 23.3.